The first kappa shape index (κ1) is 24.7. The lowest BCUT2D eigenvalue weighted by Gasteiger charge is -2.34. The molecule has 1 aromatic heterocycles. The second-order valence-electron chi connectivity index (χ2n) is 8.39. The smallest absolute Gasteiger partial charge is 0.254 e. The highest BCUT2D eigenvalue weighted by molar-refractivity contribution is 7.88. The lowest BCUT2D eigenvalue weighted by molar-refractivity contribution is 0.0697. The van der Waals surface area contributed by atoms with Crippen molar-refractivity contribution < 1.29 is 27.2 Å². The minimum Gasteiger partial charge on any atom is -0.493 e. The molecule has 9 nitrogen and oxygen atoms in total. The van der Waals surface area contributed by atoms with Gasteiger partial charge in [-0.1, -0.05) is 35.5 Å². The van der Waals surface area contributed by atoms with Gasteiger partial charge in [-0.25, -0.2) is 8.42 Å². The van der Waals surface area contributed by atoms with Crippen LogP contribution >= 0.6 is 0 Å². The van der Waals surface area contributed by atoms with Crippen LogP contribution in [0.3, 0.4) is 0 Å². The van der Waals surface area contributed by atoms with Gasteiger partial charge in [0.2, 0.25) is 10.0 Å². The normalized spacial score (nSPS) is 14.7. The van der Waals surface area contributed by atoms with Crippen LogP contribution in [0.25, 0.3) is 0 Å². The quantitative estimate of drug-likeness (QED) is 0.469. The largest absolute Gasteiger partial charge is 0.493 e. The highest BCUT2D eigenvalue weighted by atomic mass is 32.2. The maximum atomic E-state index is 13.1. The predicted molar refractivity (Wildman–Crippen MR) is 130 cm³/mol. The number of methoxy groups -OCH3 is 1. The van der Waals surface area contributed by atoms with Crippen molar-refractivity contribution in [2.75, 3.05) is 33.3 Å². The summed E-state index contributed by atoms with van der Waals surface area (Å²) in [6.07, 6.45) is 0. The van der Waals surface area contributed by atoms with Gasteiger partial charge in [-0.3, -0.25) is 4.79 Å². The van der Waals surface area contributed by atoms with E-state index >= 15 is 0 Å². The van der Waals surface area contributed by atoms with Crippen molar-refractivity contribution in [3.05, 3.63) is 76.7 Å². The first-order valence-corrected chi connectivity index (χ1v) is 12.9. The van der Waals surface area contributed by atoms with Gasteiger partial charge in [0.05, 0.1) is 24.1 Å². The Morgan fingerprint density at radius 3 is 2.37 bits per heavy atom. The van der Waals surface area contributed by atoms with Gasteiger partial charge in [0.25, 0.3) is 5.91 Å². The molecule has 4 rings (SSSR count). The van der Waals surface area contributed by atoms with Crippen LogP contribution in [0.5, 0.6) is 11.5 Å². The second kappa shape index (κ2) is 10.5. The lowest BCUT2D eigenvalue weighted by Crippen LogP contribution is -2.50. The number of hydrogen-bond acceptors (Lipinski definition) is 7. The third-order valence-corrected chi connectivity index (χ3v) is 7.93. The average Bonchev–Trinajstić information content (AvgIpc) is 3.19. The standard InChI is InChI=1S/C25H29N3O6S/c1-18-22(19(2)34-26-18)16-33-23-10-9-21(15-24(23)32-3)25(29)27-11-13-28(14-12-27)35(30,31)17-20-7-5-4-6-8-20/h4-10,15H,11-14,16-17H2,1-3H3. The first-order chi connectivity index (χ1) is 16.8. The number of hydrogen-bond donors (Lipinski definition) is 0. The number of sulfonamides is 1. The summed E-state index contributed by atoms with van der Waals surface area (Å²) in [7, 11) is -1.93. The molecular weight excluding hydrogens is 470 g/mol. The van der Waals surface area contributed by atoms with E-state index in [0.717, 1.165) is 16.8 Å². The van der Waals surface area contributed by atoms with Crippen LogP contribution in [-0.2, 0) is 22.4 Å². The fourth-order valence-electron chi connectivity index (χ4n) is 4.01. The van der Waals surface area contributed by atoms with Crippen molar-refractivity contribution in [3.63, 3.8) is 0 Å². The zero-order valence-corrected chi connectivity index (χ0v) is 20.9. The van der Waals surface area contributed by atoms with Crippen molar-refractivity contribution in [1.29, 1.82) is 0 Å². The van der Waals surface area contributed by atoms with Gasteiger partial charge >= 0.3 is 0 Å². The van der Waals surface area contributed by atoms with Gasteiger partial charge in [0.15, 0.2) is 11.5 Å². The summed E-state index contributed by atoms with van der Waals surface area (Å²) in [5, 5.41) is 3.92. The number of piperazine rings is 1. The highest BCUT2D eigenvalue weighted by Crippen LogP contribution is 2.30. The molecule has 0 N–H and O–H groups in total. The lowest BCUT2D eigenvalue weighted by atomic mass is 10.1. The van der Waals surface area contributed by atoms with Crippen LogP contribution < -0.4 is 9.47 Å². The molecule has 186 valence electrons. The SMILES string of the molecule is COc1cc(C(=O)N2CCN(S(=O)(=O)Cc3ccccc3)CC2)ccc1OCc1c(C)noc1C. The van der Waals surface area contributed by atoms with E-state index in [1.54, 1.807) is 35.2 Å². The van der Waals surface area contributed by atoms with Crippen molar-refractivity contribution in [2.45, 2.75) is 26.2 Å². The summed E-state index contributed by atoms with van der Waals surface area (Å²) in [5.74, 6) is 1.40. The van der Waals surface area contributed by atoms with E-state index < -0.39 is 10.0 Å². The Balaban J connectivity index is 1.38. The predicted octanol–water partition coefficient (Wildman–Crippen LogP) is 3.17. The van der Waals surface area contributed by atoms with Crippen molar-refractivity contribution in [3.8, 4) is 11.5 Å². The molecule has 2 aromatic carbocycles. The van der Waals surface area contributed by atoms with E-state index in [-0.39, 0.29) is 31.4 Å². The van der Waals surface area contributed by atoms with E-state index in [9.17, 15) is 13.2 Å². The number of amides is 1. The number of aryl methyl sites for hydroxylation is 2. The molecule has 1 amide bonds. The van der Waals surface area contributed by atoms with Crippen LogP contribution in [0.15, 0.2) is 53.1 Å². The van der Waals surface area contributed by atoms with Gasteiger partial charge in [-0.2, -0.15) is 4.31 Å². The Labute approximate surface area is 205 Å². The second-order valence-corrected chi connectivity index (χ2v) is 10.4. The number of nitrogens with zero attached hydrogens (tertiary/aromatic N) is 3. The van der Waals surface area contributed by atoms with E-state index in [1.807, 2.05) is 32.0 Å². The molecule has 0 unspecified atom stereocenters. The van der Waals surface area contributed by atoms with Gasteiger partial charge < -0.3 is 18.9 Å². The summed E-state index contributed by atoms with van der Waals surface area (Å²) in [6.45, 7) is 5.10. The summed E-state index contributed by atoms with van der Waals surface area (Å²) in [4.78, 5) is 14.8. The van der Waals surface area contributed by atoms with Crippen LogP contribution in [0.2, 0.25) is 0 Å². The topological polar surface area (TPSA) is 102 Å². The van der Waals surface area contributed by atoms with Gasteiger partial charge in [-0.15, -0.1) is 0 Å². The fourth-order valence-corrected chi connectivity index (χ4v) is 5.52. The zero-order chi connectivity index (χ0) is 25.0. The van der Waals surface area contributed by atoms with E-state index in [2.05, 4.69) is 5.16 Å². The summed E-state index contributed by atoms with van der Waals surface area (Å²) in [6, 6.07) is 14.1. The molecule has 1 fully saturated rings. The molecule has 1 aliphatic rings. The number of carbonyl (C=O) groups is 1. The van der Waals surface area contributed by atoms with Gasteiger partial charge in [0.1, 0.15) is 12.4 Å². The number of carbonyl (C=O) groups excluding carboxylic acids is 1. The highest BCUT2D eigenvalue weighted by Gasteiger charge is 2.29. The molecule has 0 atom stereocenters. The first-order valence-electron chi connectivity index (χ1n) is 11.3. The van der Waals surface area contributed by atoms with E-state index in [4.69, 9.17) is 14.0 Å². The molecule has 0 radical (unpaired) electrons. The van der Waals surface area contributed by atoms with E-state index in [1.165, 1.54) is 11.4 Å². The van der Waals surface area contributed by atoms with Crippen molar-refractivity contribution in [1.82, 2.24) is 14.4 Å². The monoisotopic (exact) mass is 499 g/mol. The van der Waals surface area contributed by atoms with Crippen molar-refractivity contribution >= 4 is 15.9 Å². The third kappa shape index (κ3) is 5.66. The van der Waals surface area contributed by atoms with Crippen LogP contribution in [0, 0.1) is 13.8 Å². The minimum atomic E-state index is -3.45. The molecule has 3 aromatic rings. The molecule has 0 bridgehead atoms. The molecule has 10 heteroatoms. The minimum absolute atomic E-state index is 0.0472. The Morgan fingerprint density at radius 2 is 1.74 bits per heavy atom. The Kier molecular flexibility index (Phi) is 7.42. The van der Waals surface area contributed by atoms with Crippen LogP contribution in [-0.4, -0.2) is 62.0 Å². The van der Waals surface area contributed by atoms with Gasteiger partial charge in [0, 0.05) is 31.7 Å². The van der Waals surface area contributed by atoms with Gasteiger partial charge in [-0.05, 0) is 37.6 Å². The molecule has 1 aliphatic heterocycles. The molecule has 2 heterocycles. The Morgan fingerprint density at radius 1 is 1.03 bits per heavy atom. The van der Waals surface area contributed by atoms with Crippen LogP contribution in [0.1, 0.15) is 32.9 Å². The number of rotatable bonds is 8. The average molecular weight is 500 g/mol. The maximum absolute atomic E-state index is 13.1. The zero-order valence-electron chi connectivity index (χ0n) is 20.1. The molecule has 0 saturated carbocycles. The molecular formula is C25H29N3O6S. The Bertz CT molecular complexity index is 1260. The Hall–Kier alpha value is -3.37. The number of aromatic nitrogens is 1. The van der Waals surface area contributed by atoms with E-state index in [0.29, 0.717) is 35.9 Å². The van der Waals surface area contributed by atoms with Crippen LogP contribution in [0.4, 0.5) is 0 Å². The third-order valence-electron chi connectivity index (χ3n) is 6.07. The summed E-state index contributed by atoms with van der Waals surface area (Å²) >= 11 is 0. The fraction of sp³-hybridized carbons (Fsp3) is 0.360. The number of benzene rings is 2. The summed E-state index contributed by atoms with van der Waals surface area (Å²) < 4.78 is 43.5. The molecule has 1 saturated heterocycles. The molecule has 35 heavy (non-hydrogen) atoms. The number of ether oxygens (including phenoxy) is 2. The molecule has 0 aliphatic carbocycles. The van der Waals surface area contributed by atoms with Crippen molar-refractivity contribution in [2.24, 2.45) is 0 Å². The summed E-state index contributed by atoms with van der Waals surface area (Å²) in [5.41, 5.74) is 2.83. The molecule has 0 spiro atoms. The maximum Gasteiger partial charge on any atom is 0.254 e.